The average molecular weight is 439 g/mol. The Balaban J connectivity index is 1.60. The highest BCUT2D eigenvalue weighted by molar-refractivity contribution is 6.30. The summed E-state index contributed by atoms with van der Waals surface area (Å²) in [5.74, 6) is -0.136. The zero-order valence-electron chi connectivity index (χ0n) is 17.2. The normalized spacial score (nSPS) is 13.2. The van der Waals surface area contributed by atoms with Crippen LogP contribution in [0.15, 0.2) is 53.5 Å². The van der Waals surface area contributed by atoms with Crippen molar-refractivity contribution in [3.05, 3.63) is 75.2 Å². The van der Waals surface area contributed by atoms with Crippen LogP contribution in [0, 0.1) is 5.92 Å². The van der Waals surface area contributed by atoms with E-state index in [-0.39, 0.29) is 24.6 Å². The van der Waals surface area contributed by atoms with Gasteiger partial charge in [0.1, 0.15) is 17.8 Å². The highest BCUT2D eigenvalue weighted by atomic mass is 35.5. The van der Waals surface area contributed by atoms with E-state index in [1.807, 2.05) is 0 Å². The third-order valence-electron chi connectivity index (χ3n) is 5.41. The number of halogens is 1. The monoisotopic (exact) mass is 438 g/mol. The summed E-state index contributed by atoms with van der Waals surface area (Å²) in [4.78, 5) is 44.6. The first-order valence-corrected chi connectivity index (χ1v) is 10.6. The molecule has 3 aromatic rings. The van der Waals surface area contributed by atoms with Gasteiger partial charge >= 0.3 is 0 Å². The molecule has 0 aliphatic heterocycles. The predicted molar refractivity (Wildman–Crippen MR) is 119 cm³/mol. The summed E-state index contributed by atoms with van der Waals surface area (Å²) >= 11 is 5.89. The number of aromatic nitrogens is 2. The van der Waals surface area contributed by atoms with Crippen molar-refractivity contribution in [1.29, 1.82) is 0 Å². The Morgan fingerprint density at radius 1 is 1.23 bits per heavy atom. The van der Waals surface area contributed by atoms with Crippen molar-refractivity contribution in [3.8, 4) is 0 Å². The van der Waals surface area contributed by atoms with Crippen molar-refractivity contribution in [2.24, 2.45) is 5.92 Å². The molecule has 1 fully saturated rings. The third kappa shape index (κ3) is 4.94. The Morgan fingerprint density at radius 3 is 2.68 bits per heavy atom. The van der Waals surface area contributed by atoms with Gasteiger partial charge in [0.05, 0.1) is 0 Å². The minimum Gasteiger partial charge on any atom is -0.348 e. The molecular weight excluding hydrogens is 416 g/mol. The summed E-state index contributed by atoms with van der Waals surface area (Å²) in [5.41, 5.74) is 0.687. The third-order valence-corrected chi connectivity index (χ3v) is 5.66. The molecule has 8 heteroatoms. The van der Waals surface area contributed by atoms with E-state index in [9.17, 15) is 14.4 Å². The molecule has 1 aliphatic carbocycles. The van der Waals surface area contributed by atoms with Crippen LogP contribution in [0.1, 0.15) is 28.8 Å². The Hall–Kier alpha value is -3.19. The van der Waals surface area contributed by atoms with Gasteiger partial charge in [0.2, 0.25) is 5.91 Å². The molecule has 2 heterocycles. The first kappa shape index (κ1) is 21.1. The number of pyridine rings is 2. The fourth-order valence-electron chi connectivity index (χ4n) is 3.44. The molecule has 1 aliphatic rings. The van der Waals surface area contributed by atoms with E-state index in [0.29, 0.717) is 28.5 Å². The van der Waals surface area contributed by atoms with Gasteiger partial charge in [-0.05, 0) is 54.7 Å². The lowest BCUT2D eigenvalue weighted by molar-refractivity contribution is -0.130. The van der Waals surface area contributed by atoms with Gasteiger partial charge in [-0.15, -0.1) is 0 Å². The molecule has 2 amide bonds. The molecule has 2 aromatic heterocycles. The van der Waals surface area contributed by atoms with Crippen LogP contribution in [0.2, 0.25) is 5.02 Å². The van der Waals surface area contributed by atoms with Crippen LogP contribution in [-0.2, 0) is 17.9 Å². The second kappa shape index (κ2) is 8.89. The van der Waals surface area contributed by atoms with Gasteiger partial charge in [-0.25, -0.2) is 4.98 Å². The molecular formula is C23H23ClN4O3. The maximum atomic E-state index is 13.1. The van der Waals surface area contributed by atoms with E-state index < -0.39 is 11.5 Å². The molecule has 0 unspecified atom stereocenters. The van der Waals surface area contributed by atoms with Gasteiger partial charge in [-0.1, -0.05) is 23.7 Å². The van der Waals surface area contributed by atoms with Gasteiger partial charge in [0.25, 0.3) is 11.5 Å². The van der Waals surface area contributed by atoms with Crippen molar-refractivity contribution >= 4 is 34.4 Å². The zero-order chi connectivity index (χ0) is 22.0. The van der Waals surface area contributed by atoms with Crippen molar-refractivity contribution in [1.82, 2.24) is 19.8 Å². The fourth-order valence-corrected chi connectivity index (χ4v) is 3.57. The van der Waals surface area contributed by atoms with Crippen LogP contribution >= 0.6 is 11.6 Å². The predicted octanol–water partition coefficient (Wildman–Crippen LogP) is 2.85. The first-order chi connectivity index (χ1) is 14.9. The molecule has 0 radical (unpaired) electrons. The van der Waals surface area contributed by atoms with Crippen LogP contribution in [0.5, 0.6) is 0 Å². The number of carbonyl (C=O) groups is 2. The van der Waals surface area contributed by atoms with E-state index in [0.717, 1.165) is 18.4 Å². The number of likely N-dealkylation sites (N-methyl/N-ethyl adjacent to an activating group) is 1. The summed E-state index contributed by atoms with van der Waals surface area (Å²) in [7, 11) is 1.74. The summed E-state index contributed by atoms with van der Waals surface area (Å²) in [6.07, 6.45) is 3.83. The number of amides is 2. The molecule has 1 saturated carbocycles. The lowest BCUT2D eigenvalue weighted by atomic mass is 10.1. The molecule has 1 aromatic carbocycles. The van der Waals surface area contributed by atoms with E-state index in [1.54, 1.807) is 54.5 Å². The van der Waals surface area contributed by atoms with E-state index >= 15 is 0 Å². The smallest absolute Gasteiger partial charge is 0.265 e. The van der Waals surface area contributed by atoms with Crippen molar-refractivity contribution in [2.45, 2.75) is 25.9 Å². The van der Waals surface area contributed by atoms with Gasteiger partial charge in [-0.3, -0.25) is 19.0 Å². The number of nitrogens with zero attached hydrogens (tertiary/aromatic N) is 3. The summed E-state index contributed by atoms with van der Waals surface area (Å²) in [6.45, 7) is 0.775. The standard InChI is InChI=1S/C23H23ClN4O3/c1-27(13-16-4-5-16)20(29)14-28-21-17(3-2-10-25-21)11-19(23(28)31)22(30)26-12-15-6-8-18(24)9-7-15/h2-3,6-11,16H,4-5,12-14H2,1H3,(H,26,30). The number of hydrogen-bond acceptors (Lipinski definition) is 4. The highest BCUT2D eigenvalue weighted by Crippen LogP contribution is 2.29. The molecule has 160 valence electrons. The Labute approximate surface area is 184 Å². The number of hydrogen-bond donors (Lipinski definition) is 1. The van der Waals surface area contributed by atoms with Crippen LogP contribution in [0.4, 0.5) is 0 Å². The number of fused-ring (bicyclic) bond motifs is 1. The van der Waals surface area contributed by atoms with E-state index in [2.05, 4.69) is 10.3 Å². The maximum absolute atomic E-state index is 13.1. The minimum absolute atomic E-state index is 0.0212. The maximum Gasteiger partial charge on any atom is 0.265 e. The van der Waals surface area contributed by atoms with Crippen LogP contribution in [0.3, 0.4) is 0 Å². The van der Waals surface area contributed by atoms with Crippen molar-refractivity contribution in [2.75, 3.05) is 13.6 Å². The summed E-state index contributed by atoms with van der Waals surface area (Å²) in [6, 6.07) is 12.1. The molecule has 0 spiro atoms. The van der Waals surface area contributed by atoms with Crippen molar-refractivity contribution in [3.63, 3.8) is 0 Å². The van der Waals surface area contributed by atoms with Crippen LogP contribution in [0.25, 0.3) is 11.0 Å². The Bertz CT molecular complexity index is 1190. The lowest BCUT2D eigenvalue weighted by Gasteiger charge is -2.18. The lowest BCUT2D eigenvalue weighted by Crippen LogP contribution is -2.38. The van der Waals surface area contributed by atoms with Gasteiger partial charge < -0.3 is 10.2 Å². The first-order valence-electron chi connectivity index (χ1n) is 10.2. The molecule has 0 bridgehead atoms. The fraction of sp³-hybridized carbons (Fsp3) is 0.304. The highest BCUT2D eigenvalue weighted by Gasteiger charge is 2.25. The molecule has 0 atom stereocenters. The molecule has 0 saturated heterocycles. The SMILES string of the molecule is CN(CC1CC1)C(=O)Cn1c(=O)c(C(=O)NCc2ccc(Cl)cc2)cc2cccnc21. The number of benzene rings is 1. The quantitative estimate of drug-likeness (QED) is 0.614. The summed E-state index contributed by atoms with van der Waals surface area (Å²) in [5, 5.41) is 4.00. The van der Waals surface area contributed by atoms with E-state index in [4.69, 9.17) is 11.6 Å². The zero-order valence-corrected chi connectivity index (χ0v) is 17.9. The van der Waals surface area contributed by atoms with Crippen LogP contribution < -0.4 is 10.9 Å². The van der Waals surface area contributed by atoms with Gasteiger partial charge in [0.15, 0.2) is 0 Å². The van der Waals surface area contributed by atoms with Crippen LogP contribution in [-0.4, -0.2) is 39.9 Å². The van der Waals surface area contributed by atoms with Crippen molar-refractivity contribution < 1.29 is 9.59 Å². The number of nitrogens with one attached hydrogen (secondary N) is 1. The topological polar surface area (TPSA) is 84.3 Å². The van der Waals surface area contributed by atoms with E-state index in [1.165, 1.54) is 10.6 Å². The molecule has 4 rings (SSSR count). The largest absolute Gasteiger partial charge is 0.348 e. The second-order valence-corrected chi connectivity index (χ2v) is 8.33. The molecule has 31 heavy (non-hydrogen) atoms. The summed E-state index contributed by atoms with van der Waals surface area (Å²) < 4.78 is 1.29. The van der Waals surface area contributed by atoms with Gasteiger partial charge in [0, 0.05) is 36.7 Å². The minimum atomic E-state index is -0.534. The Morgan fingerprint density at radius 2 is 1.97 bits per heavy atom. The molecule has 7 nitrogen and oxygen atoms in total. The number of rotatable bonds is 7. The second-order valence-electron chi connectivity index (χ2n) is 7.89. The Kier molecular flexibility index (Phi) is 6.04. The van der Waals surface area contributed by atoms with Gasteiger partial charge in [-0.2, -0.15) is 0 Å². The molecule has 1 N–H and O–H groups in total. The average Bonchev–Trinajstić information content (AvgIpc) is 3.58. The number of carbonyl (C=O) groups excluding carboxylic acids is 2.